The fourth-order valence-electron chi connectivity index (χ4n) is 4.89. The molecule has 2 saturated carbocycles. The third kappa shape index (κ3) is 1.23. The molecule has 1 heterocycles. The maximum absolute atomic E-state index is 11.5. The van der Waals surface area contributed by atoms with Gasteiger partial charge >= 0.3 is 0 Å². The summed E-state index contributed by atoms with van der Waals surface area (Å²) in [6.07, 6.45) is 6.02. The van der Waals surface area contributed by atoms with Gasteiger partial charge in [0.1, 0.15) is 5.60 Å². The van der Waals surface area contributed by atoms with Crippen molar-refractivity contribution in [2.75, 3.05) is 0 Å². The normalized spacial score (nSPS) is 38.8. The lowest BCUT2D eigenvalue weighted by Gasteiger charge is -2.49. The van der Waals surface area contributed by atoms with E-state index in [9.17, 15) is 5.11 Å². The highest BCUT2D eigenvalue weighted by Gasteiger charge is 2.65. The van der Waals surface area contributed by atoms with E-state index in [1.165, 1.54) is 24.1 Å². The van der Waals surface area contributed by atoms with Crippen LogP contribution in [0.1, 0.15) is 50.8 Å². The van der Waals surface area contributed by atoms with Crippen LogP contribution in [0.15, 0.2) is 17.5 Å². The number of hydrogen-bond acceptors (Lipinski definition) is 2. The summed E-state index contributed by atoms with van der Waals surface area (Å²) in [4.78, 5) is 1.22. The van der Waals surface area contributed by atoms with Gasteiger partial charge in [-0.1, -0.05) is 19.9 Å². The van der Waals surface area contributed by atoms with Gasteiger partial charge in [-0.05, 0) is 55.4 Å². The average Bonchev–Trinajstić information content (AvgIpc) is 3.06. The molecule has 0 unspecified atom stereocenters. The van der Waals surface area contributed by atoms with E-state index in [1.54, 1.807) is 11.3 Å². The fourth-order valence-corrected chi connectivity index (χ4v) is 5.90. The fraction of sp³-hybridized carbons (Fsp3) is 0.733. The summed E-state index contributed by atoms with van der Waals surface area (Å²) >= 11 is 1.74. The lowest BCUT2D eigenvalue weighted by Crippen LogP contribution is -2.49. The molecule has 0 amide bonds. The second kappa shape index (κ2) is 3.83. The Labute approximate surface area is 108 Å². The van der Waals surface area contributed by atoms with Gasteiger partial charge < -0.3 is 5.11 Å². The topological polar surface area (TPSA) is 20.2 Å². The zero-order valence-electron chi connectivity index (χ0n) is 10.8. The second-order valence-electron chi connectivity index (χ2n) is 5.81. The SMILES string of the molecule is CCC1(CC)[C@H]2CC[C@H](C2)[C@]1(O)c1cccs1. The number of aliphatic hydroxyl groups is 1. The Balaban J connectivity index is 2.13. The zero-order valence-corrected chi connectivity index (χ0v) is 11.6. The van der Waals surface area contributed by atoms with E-state index in [0.717, 1.165) is 18.8 Å². The molecule has 1 aromatic heterocycles. The molecule has 2 bridgehead atoms. The molecule has 3 atom stereocenters. The predicted octanol–water partition coefficient (Wildman–Crippen LogP) is 4.17. The van der Waals surface area contributed by atoms with Crippen LogP contribution in [0.3, 0.4) is 0 Å². The monoisotopic (exact) mass is 250 g/mol. The summed E-state index contributed by atoms with van der Waals surface area (Å²) in [5.74, 6) is 1.25. The largest absolute Gasteiger partial charge is 0.383 e. The first-order valence-corrected chi connectivity index (χ1v) is 7.83. The van der Waals surface area contributed by atoms with E-state index in [1.807, 2.05) is 0 Å². The Hall–Kier alpha value is -0.340. The summed E-state index contributed by atoms with van der Waals surface area (Å²) in [6.45, 7) is 4.53. The van der Waals surface area contributed by atoms with Crippen LogP contribution in [0.4, 0.5) is 0 Å². The summed E-state index contributed by atoms with van der Waals surface area (Å²) in [5, 5.41) is 13.6. The Morgan fingerprint density at radius 2 is 2.00 bits per heavy atom. The summed E-state index contributed by atoms with van der Waals surface area (Å²) in [6, 6.07) is 4.23. The van der Waals surface area contributed by atoms with E-state index >= 15 is 0 Å². The van der Waals surface area contributed by atoms with Gasteiger partial charge in [-0.25, -0.2) is 0 Å². The van der Waals surface area contributed by atoms with Gasteiger partial charge in [-0.3, -0.25) is 0 Å². The van der Waals surface area contributed by atoms with E-state index in [0.29, 0.717) is 5.92 Å². The first kappa shape index (κ1) is 11.7. The Morgan fingerprint density at radius 1 is 1.29 bits per heavy atom. The predicted molar refractivity (Wildman–Crippen MR) is 72.1 cm³/mol. The van der Waals surface area contributed by atoms with Crippen molar-refractivity contribution in [2.45, 2.75) is 51.6 Å². The molecule has 0 spiro atoms. The molecule has 0 saturated heterocycles. The van der Waals surface area contributed by atoms with Gasteiger partial charge in [-0.2, -0.15) is 0 Å². The van der Waals surface area contributed by atoms with Gasteiger partial charge in [0.2, 0.25) is 0 Å². The molecule has 0 aromatic carbocycles. The molecule has 0 radical (unpaired) electrons. The molecule has 1 N–H and O–H groups in total. The van der Waals surface area contributed by atoms with Crippen molar-refractivity contribution in [3.8, 4) is 0 Å². The highest BCUT2D eigenvalue weighted by Crippen LogP contribution is 2.68. The lowest BCUT2D eigenvalue weighted by molar-refractivity contribution is -0.133. The second-order valence-corrected chi connectivity index (χ2v) is 6.76. The highest BCUT2D eigenvalue weighted by atomic mass is 32.1. The number of fused-ring (bicyclic) bond motifs is 2. The van der Waals surface area contributed by atoms with Crippen LogP contribution in [0.25, 0.3) is 0 Å². The van der Waals surface area contributed by atoms with Crippen molar-refractivity contribution in [1.82, 2.24) is 0 Å². The standard InChI is InChI=1S/C15H22OS/c1-3-14(4-2)11-7-8-12(10-11)15(14,16)13-6-5-9-17-13/h5-6,9,11-12,16H,3-4,7-8,10H2,1-2H3/t11-,12+,15-/m0/s1. The van der Waals surface area contributed by atoms with Crippen LogP contribution in [0.2, 0.25) is 0 Å². The molecule has 2 aliphatic carbocycles. The molecule has 1 aromatic rings. The molecular formula is C15H22OS. The third-order valence-electron chi connectivity index (χ3n) is 5.72. The van der Waals surface area contributed by atoms with Crippen LogP contribution >= 0.6 is 11.3 Å². The van der Waals surface area contributed by atoms with Crippen LogP contribution < -0.4 is 0 Å². The third-order valence-corrected chi connectivity index (χ3v) is 6.72. The number of hydrogen-bond donors (Lipinski definition) is 1. The van der Waals surface area contributed by atoms with Gasteiger partial charge in [0.25, 0.3) is 0 Å². The van der Waals surface area contributed by atoms with E-state index in [-0.39, 0.29) is 5.41 Å². The quantitative estimate of drug-likeness (QED) is 0.853. The Morgan fingerprint density at radius 3 is 2.59 bits per heavy atom. The van der Waals surface area contributed by atoms with Crippen molar-refractivity contribution in [1.29, 1.82) is 0 Å². The summed E-state index contributed by atoms with van der Waals surface area (Å²) in [5.41, 5.74) is -0.394. The molecular weight excluding hydrogens is 228 g/mol. The molecule has 17 heavy (non-hydrogen) atoms. The van der Waals surface area contributed by atoms with Crippen molar-refractivity contribution in [3.63, 3.8) is 0 Å². The maximum atomic E-state index is 11.5. The van der Waals surface area contributed by atoms with Crippen molar-refractivity contribution >= 4 is 11.3 Å². The summed E-state index contributed by atoms with van der Waals surface area (Å²) in [7, 11) is 0. The molecule has 94 valence electrons. The minimum Gasteiger partial charge on any atom is -0.383 e. The average molecular weight is 250 g/mol. The Kier molecular flexibility index (Phi) is 2.64. The highest BCUT2D eigenvalue weighted by molar-refractivity contribution is 7.10. The van der Waals surface area contributed by atoms with Crippen LogP contribution in [-0.2, 0) is 5.60 Å². The van der Waals surface area contributed by atoms with Crippen molar-refractivity contribution in [2.24, 2.45) is 17.3 Å². The van der Waals surface area contributed by atoms with E-state index in [2.05, 4.69) is 31.4 Å². The molecule has 0 aliphatic heterocycles. The van der Waals surface area contributed by atoms with Gasteiger partial charge in [0.05, 0.1) is 0 Å². The van der Waals surface area contributed by atoms with E-state index in [4.69, 9.17) is 0 Å². The molecule has 1 nitrogen and oxygen atoms in total. The lowest BCUT2D eigenvalue weighted by atomic mass is 9.59. The minimum absolute atomic E-state index is 0.140. The number of rotatable bonds is 3. The number of thiophene rings is 1. The molecule has 2 fully saturated rings. The summed E-state index contributed by atoms with van der Waals surface area (Å²) < 4.78 is 0. The van der Waals surface area contributed by atoms with Crippen LogP contribution in [0.5, 0.6) is 0 Å². The van der Waals surface area contributed by atoms with Gasteiger partial charge in [0.15, 0.2) is 0 Å². The first-order chi connectivity index (χ1) is 8.19. The Bertz CT molecular complexity index is 393. The van der Waals surface area contributed by atoms with E-state index < -0.39 is 5.60 Å². The van der Waals surface area contributed by atoms with Gasteiger partial charge in [-0.15, -0.1) is 11.3 Å². The van der Waals surface area contributed by atoms with Crippen molar-refractivity contribution in [3.05, 3.63) is 22.4 Å². The van der Waals surface area contributed by atoms with Crippen LogP contribution in [-0.4, -0.2) is 5.11 Å². The zero-order chi connectivity index (χ0) is 12.1. The van der Waals surface area contributed by atoms with Crippen molar-refractivity contribution < 1.29 is 5.11 Å². The smallest absolute Gasteiger partial charge is 0.107 e. The molecule has 2 aliphatic rings. The maximum Gasteiger partial charge on any atom is 0.107 e. The molecule has 2 heteroatoms. The first-order valence-electron chi connectivity index (χ1n) is 6.95. The van der Waals surface area contributed by atoms with Crippen LogP contribution in [0, 0.1) is 17.3 Å². The minimum atomic E-state index is -0.534. The molecule has 3 rings (SSSR count). The van der Waals surface area contributed by atoms with Gasteiger partial charge in [0, 0.05) is 10.3 Å².